The van der Waals surface area contributed by atoms with Crippen molar-refractivity contribution < 1.29 is 9.21 Å². The summed E-state index contributed by atoms with van der Waals surface area (Å²) < 4.78 is 7.03. The first-order chi connectivity index (χ1) is 12.4. The molecule has 2 atom stereocenters. The van der Waals surface area contributed by atoms with E-state index in [1.54, 1.807) is 10.7 Å². The zero-order valence-corrected chi connectivity index (χ0v) is 15.4. The number of hydrogen-bond acceptors (Lipinski definition) is 4. The summed E-state index contributed by atoms with van der Waals surface area (Å²) in [7, 11) is 0. The molecule has 0 unspecified atom stereocenters. The molecule has 2 aromatic heterocycles. The molecule has 136 valence electrons. The van der Waals surface area contributed by atoms with Gasteiger partial charge in [0.1, 0.15) is 17.5 Å². The topological polar surface area (TPSA) is 68.3 Å². The molecule has 0 radical (unpaired) electrons. The van der Waals surface area contributed by atoms with Crippen molar-refractivity contribution in [1.29, 1.82) is 0 Å². The van der Waals surface area contributed by atoms with E-state index in [1.165, 1.54) is 6.20 Å². The normalized spacial score (nSPS) is 20.8. The van der Waals surface area contributed by atoms with E-state index in [2.05, 4.69) is 18.9 Å². The summed E-state index contributed by atoms with van der Waals surface area (Å²) in [5, 5.41) is 5.54. The van der Waals surface area contributed by atoms with Gasteiger partial charge in [0, 0.05) is 18.5 Å². The molecule has 1 fully saturated rings. The number of likely N-dealkylation sites (tertiary alicyclic amines) is 1. The van der Waals surface area contributed by atoms with E-state index in [1.807, 2.05) is 24.0 Å². The third kappa shape index (κ3) is 2.89. The van der Waals surface area contributed by atoms with Gasteiger partial charge in [-0.1, -0.05) is 25.5 Å². The molecular formula is C20H23N3O3. The molecule has 1 aliphatic heterocycles. The molecule has 0 spiro atoms. The van der Waals surface area contributed by atoms with Crippen molar-refractivity contribution in [3.63, 3.8) is 0 Å². The molecule has 0 N–H and O–H groups in total. The van der Waals surface area contributed by atoms with E-state index in [-0.39, 0.29) is 12.5 Å². The predicted molar refractivity (Wildman–Crippen MR) is 100 cm³/mol. The van der Waals surface area contributed by atoms with Crippen LogP contribution in [0.3, 0.4) is 0 Å². The maximum Gasteiger partial charge on any atom is 0.347 e. The fourth-order valence-electron chi connectivity index (χ4n) is 4.11. The first-order valence-corrected chi connectivity index (χ1v) is 9.09. The molecule has 6 nitrogen and oxygen atoms in total. The third-order valence-electron chi connectivity index (χ3n) is 5.16. The Labute approximate surface area is 151 Å². The Morgan fingerprint density at radius 2 is 1.96 bits per heavy atom. The van der Waals surface area contributed by atoms with Crippen LogP contribution in [0.25, 0.3) is 21.9 Å². The van der Waals surface area contributed by atoms with Crippen molar-refractivity contribution in [2.24, 2.45) is 11.8 Å². The van der Waals surface area contributed by atoms with Gasteiger partial charge in [0.05, 0.1) is 11.7 Å². The fraction of sp³-hybridized carbons (Fsp3) is 0.450. The number of carbonyl (C=O) groups excluding carboxylic acids is 1. The number of piperidine rings is 1. The van der Waals surface area contributed by atoms with Gasteiger partial charge in [0.25, 0.3) is 0 Å². The standard InChI is InChI=1S/C20H23N3O3/c1-12-4-5-17-15(7-12)19-16(20(25)26-17)8-21-23(19)11-18(24)22-9-13(2)6-14(3)10-22/h4-5,7-8,13-14H,6,9-11H2,1-3H3/t13-,14-/m1/s1. The van der Waals surface area contributed by atoms with Crippen LogP contribution in [0.4, 0.5) is 0 Å². The second-order valence-corrected chi connectivity index (χ2v) is 7.70. The predicted octanol–water partition coefficient (Wildman–Crippen LogP) is 2.96. The van der Waals surface area contributed by atoms with Crippen LogP contribution in [-0.2, 0) is 11.3 Å². The number of rotatable bonds is 2. The number of fused-ring (bicyclic) bond motifs is 3. The SMILES string of the molecule is Cc1ccc2oc(=O)c3cnn(CC(=O)N4C[C@H](C)C[C@@H](C)C4)c3c2c1. The molecule has 26 heavy (non-hydrogen) atoms. The lowest BCUT2D eigenvalue weighted by molar-refractivity contribution is -0.134. The quantitative estimate of drug-likeness (QED) is 0.664. The van der Waals surface area contributed by atoms with Crippen LogP contribution in [0.2, 0.25) is 0 Å². The molecule has 1 saturated heterocycles. The molecular weight excluding hydrogens is 330 g/mol. The molecule has 1 amide bonds. The Morgan fingerprint density at radius 3 is 2.69 bits per heavy atom. The summed E-state index contributed by atoms with van der Waals surface area (Å²) in [6.07, 6.45) is 2.65. The largest absolute Gasteiger partial charge is 0.422 e. The summed E-state index contributed by atoms with van der Waals surface area (Å²) in [6.45, 7) is 8.05. The lowest BCUT2D eigenvalue weighted by atomic mass is 9.92. The van der Waals surface area contributed by atoms with Gasteiger partial charge in [0.2, 0.25) is 5.91 Å². The van der Waals surface area contributed by atoms with Crippen LogP contribution in [0.15, 0.2) is 33.6 Å². The van der Waals surface area contributed by atoms with Crippen molar-refractivity contribution in [2.45, 2.75) is 33.7 Å². The van der Waals surface area contributed by atoms with Crippen molar-refractivity contribution in [3.8, 4) is 0 Å². The van der Waals surface area contributed by atoms with E-state index in [0.29, 0.717) is 28.3 Å². The molecule has 1 aliphatic rings. The van der Waals surface area contributed by atoms with E-state index in [9.17, 15) is 9.59 Å². The number of carbonyl (C=O) groups is 1. The number of benzene rings is 1. The Bertz CT molecular complexity index is 1040. The molecule has 6 heteroatoms. The van der Waals surface area contributed by atoms with Crippen LogP contribution in [0, 0.1) is 18.8 Å². The lowest BCUT2D eigenvalue weighted by Crippen LogP contribution is -2.44. The summed E-state index contributed by atoms with van der Waals surface area (Å²) >= 11 is 0. The average Bonchev–Trinajstić information content (AvgIpc) is 2.99. The highest BCUT2D eigenvalue weighted by Crippen LogP contribution is 2.25. The molecule has 0 saturated carbocycles. The third-order valence-corrected chi connectivity index (χ3v) is 5.16. The van der Waals surface area contributed by atoms with Crippen molar-refractivity contribution in [1.82, 2.24) is 14.7 Å². The minimum absolute atomic E-state index is 0.0439. The van der Waals surface area contributed by atoms with Gasteiger partial charge in [-0.3, -0.25) is 9.48 Å². The van der Waals surface area contributed by atoms with Crippen LogP contribution in [0.5, 0.6) is 0 Å². The smallest absolute Gasteiger partial charge is 0.347 e. The van der Waals surface area contributed by atoms with E-state index < -0.39 is 5.63 Å². The van der Waals surface area contributed by atoms with Crippen molar-refractivity contribution >= 4 is 27.8 Å². The summed E-state index contributed by atoms with van der Waals surface area (Å²) in [4.78, 5) is 27.0. The molecule has 3 aromatic rings. The Balaban J connectivity index is 1.75. The Hall–Kier alpha value is -2.63. The number of aryl methyl sites for hydroxylation is 1. The van der Waals surface area contributed by atoms with Crippen molar-refractivity contribution in [3.05, 3.63) is 40.4 Å². The first-order valence-electron chi connectivity index (χ1n) is 9.09. The zero-order chi connectivity index (χ0) is 18.4. The van der Waals surface area contributed by atoms with E-state index in [0.717, 1.165) is 30.5 Å². The minimum atomic E-state index is -0.421. The highest BCUT2D eigenvalue weighted by atomic mass is 16.4. The maximum atomic E-state index is 12.9. The second-order valence-electron chi connectivity index (χ2n) is 7.70. The van der Waals surface area contributed by atoms with Crippen molar-refractivity contribution in [2.75, 3.05) is 13.1 Å². The molecule has 1 aromatic carbocycles. The molecule has 3 heterocycles. The maximum absolute atomic E-state index is 12.9. The molecule has 0 bridgehead atoms. The first kappa shape index (κ1) is 16.8. The van der Waals surface area contributed by atoms with Gasteiger partial charge in [0.15, 0.2) is 0 Å². The monoisotopic (exact) mass is 353 g/mol. The number of aromatic nitrogens is 2. The highest BCUT2D eigenvalue weighted by Gasteiger charge is 2.26. The van der Waals surface area contributed by atoms with Gasteiger partial charge in [-0.05, 0) is 37.3 Å². The van der Waals surface area contributed by atoms with Gasteiger partial charge in [-0.25, -0.2) is 4.79 Å². The summed E-state index contributed by atoms with van der Waals surface area (Å²) in [6, 6.07) is 5.66. The van der Waals surface area contributed by atoms with Crippen LogP contribution in [0.1, 0.15) is 25.8 Å². The highest BCUT2D eigenvalue weighted by molar-refractivity contribution is 6.02. The fourth-order valence-corrected chi connectivity index (χ4v) is 4.11. The lowest BCUT2D eigenvalue weighted by Gasteiger charge is -2.35. The summed E-state index contributed by atoms with van der Waals surface area (Å²) in [5.74, 6) is 1.06. The van der Waals surface area contributed by atoms with Gasteiger partial charge < -0.3 is 9.32 Å². The van der Waals surface area contributed by atoms with E-state index in [4.69, 9.17) is 4.42 Å². The molecule has 4 rings (SSSR count). The van der Waals surface area contributed by atoms with Crippen LogP contribution in [-0.4, -0.2) is 33.7 Å². The van der Waals surface area contributed by atoms with E-state index >= 15 is 0 Å². The number of hydrogen-bond donors (Lipinski definition) is 0. The molecule has 0 aliphatic carbocycles. The van der Waals surface area contributed by atoms with Gasteiger partial charge in [-0.15, -0.1) is 0 Å². The second kappa shape index (κ2) is 6.27. The Morgan fingerprint density at radius 1 is 1.23 bits per heavy atom. The number of nitrogens with zero attached hydrogens (tertiary/aromatic N) is 3. The van der Waals surface area contributed by atoms with Gasteiger partial charge >= 0.3 is 5.63 Å². The number of amides is 1. The summed E-state index contributed by atoms with van der Waals surface area (Å²) in [5.41, 5.74) is 1.83. The minimum Gasteiger partial charge on any atom is -0.422 e. The zero-order valence-electron chi connectivity index (χ0n) is 15.4. The average molecular weight is 353 g/mol. The Kier molecular flexibility index (Phi) is 4.05. The van der Waals surface area contributed by atoms with Crippen LogP contribution >= 0.6 is 0 Å². The van der Waals surface area contributed by atoms with Crippen LogP contribution < -0.4 is 5.63 Å². The van der Waals surface area contributed by atoms with Gasteiger partial charge in [-0.2, -0.15) is 5.10 Å².